The fraction of sp³-hybridized carbons (Fsp3) is 0.200. The molecule has 1 unspecified atom stereocenters. The predicted octanol–water partition coefficient (Wildman–Crippen LogP) is 3.63. The summed E-state index contributed by atoms with van der Waals surface area (Å²) >= 11 is 0. The van der Waals surface area contributed by atoms with E-state index in [9.17, 15) is 10.1 Å². The molecule has 2 heterocycles. The molecule has 0 bridgehead atoms. The highest BCUT2D eigenvalue weighted by Crippen LogP contribution is 2.41. The van der Waals surface area contributed by atoms with Crippen LogP contribution in [0.1, 0.15) is 28.3 Å². The van der Waals surface area contributed by atoms with Crippen LogP contribution >= 0.6 is 0 Å². The zero-order valence-corrected chi connectivity index (χ0v) is 17.5. The van der Waals surface area contributed by atoms with E-state index in [0.29, 0.717) is 30.0 Å². The number of nitrogens with two attached hydrogens (primary N) is 1. The normalized spacial score (nSPS) is 15.1. The Labute approximate surface area is 180 Å². The van der Waals surface area contributed by atoms with E-state index < -0.39 is 5.92 Å². The van der Waals surface area contributed by atoms with Crippen molar-refractivity contribution in [3.05, 3.63) is 105 Å². The first-order chi connectivity index (χ1) is 15.0. The average molecular weight is 413 g/mol. The minimum Gasteiger partial charge on any atom is -0.497 e. The van der Waals surface area contributed by atoms with Gasteiger partial charge in [-0.2, -0.15) is 5.26 Å². The fourth-order valence-electron chi connectivity index (χ4n) is 4.00. The first-order valence-corrected chi connectivity index (χ1v) is 10.0. The molecule has 6 nitrogen and oxygen atoms in total. The van der Waals surface area contributed by atoms with Gasteiger partial charge < -0.3 is 19.8 Å². The van der Waals surface area contributed by atoms with Crippen LogP contribution in [-0.2, 0) is 13.0 Å². The number of hydrogen-bond acceptors (Lipinski definition) is 5. The van der Waals surface area contributed by atoms with Crippen LogP contribution in [0.4, 0.5) is 0 Å². The fourth-order valence-corrected chi connectivity index (χ4v) is 4.00. The highest BCUT2D eigenvalue weighted by molar-refractivity contribution is 5.56. The van der Waals surface area contributed by atoms with Crippen LogP contribution in [-0.4, -0.2) is 11.7 Å². The number of hydrogen-bond donors (Lipinski definition) is 1. The number of aryl methyl sites for hydroxylation is 2. The van der Waals surface area contributed by atoms with Crippen molar-refractivity contribution in [2.75, 3.05) is 7.11 Å². The maximum Gasteiger partial charge on any atom is 0.258 e. The molecule has 2 N–H and O–H groups in total. The summed E-state index contributed by atoms with van der Waals surface area (Å²) in [6.07, 6.45) is 0.716. The van der Waals surface area contributed by atoms with Gasteiger partial charge in [-0.05, 0) is 36.6 Å². The molecule has 1 atom stereocenters. The van der Waals surface area contributed by atoms with Gasteiger partial charge in [-0.15, -0.1) is 0 Å². The van der Waals surface area contributed by atoms with E-state index in [4.69, 9.17) is 15.2 Å². The summed E-state index contributed by atoms with van der Waals surface area (Å²) in [7, 11) is 1.58. The van der Waals surface area contributed by atoms with Gasteiger partial charge in [0, 0.05) is 18.3 Å². The molecular formula is C25H23N3O3. The van der Waals surface area contributed by atoms with Gasteiger partial charge in [0.25, 0.3) is 5.56 Å². The third-order valence-electron chi connectivity index (χ3n) is 5.58. The van der Waals surface area contributed by atoms with Gasteiger partial charge in [0.1, 0.15) is 23.1 Å². The highest BCUT2D eigenvalue weighted by atomic mass is 16.5. The smallest absolute Gasteiger partial charge is 0.258 e. The predicted molar refractivity (Wildman–Crippen MR) is 118 cm³/mol. The van der Waals surface area contributed by atoms with Crippen molar-refractivity contribution < 1.29 is 9.47 Å². The van der Waals surface area contributed by atoms with Gasteiger partial charge in [0.2, 0.25) is 5.88 Å². The number of pyridine rings is 1. The largest absolute Gasteiger partial charge is 0.497 e. The maximum atomic E-state index is 13.6. The monoisotopic (exact) mass is 413 g/mol. The Kier molecular flexibility index (Phi) is 5.50. The number of nitriles is 1. The molecule has 6 heteroatoms. The summed E-state index contributed by atoms with van der Waals surface area (Å²) in [5.74, 6) is 0.421. The summed E-state index contributed by atoms with van der Waals surface area (Å²) in [6.45, 7) is 2.39. The molecule has 0 spiro atoms. The Morgan fingerprint density at radius 3 is 2.65 bits per heavy atom. The van der Waals surface area contributed by atoms with Crippen molar-refractivity contribution in [3.8, 4) is 17.6 Å². The molecule has 0 aliphatic carbocycles. The minimum atomic E-state index is -0.625. The van der Waals surface area contributed by atoms with Crippen LogP contribution in [0.25, 0.3) is 0 Å². The SMILES string of the molecule is COc1cccc(C2C(C#N)=C(N)Oc3cc(C)n(CCc4ccccc4)c(=O)c32)c1. The van der Waals surface area contributed by atoms with E-state index in [1.54, 1.807) is 11.7 Å². The van der Waals surface area contributed by atoms with Crippen molar-refractivity contribution in [3.63, 3.8) is 0 Å². The lowest BCUT2D eigenvalue weighted by Gasteiger charge is -2.27. The second-order valence-electron chi connectivity index (χ2n) is 7.46. The van der Waals surface area contributed by atoms with Crippen molar-refractivity contribution in [1.82, 2.24) is 4.57 Å². The quantitative estimate of drug-likeness (QED) is 0.690. The second-order valence-corrected chi connectivity index (χ2v) is 7.46. The topological polar surface area (TPSA) is 90.3 Å². The van der Waals surface area contributed by atoms with E-state index in [1.165, 1.54) is 0 Å². The second kappa shape index (κ2) is 8.41. The maximum absolute atomic E-state index is 13.6. The van der Waals surface area contributed by atoms with Crippen LogP contribution < -0.4 is 20.8 Å². The van der Waals surface area contributed by atoms with Crippen LogP contribution in [0.2, 0.25) is 0 Å². The summed E-state index contributed by atoms with van der Waals surface area (Å²) in [5.41, 5.74) is 9.19. The summed E-state index contributed by atoms with van der Waals surface area (Å²) in [5, 5.41) is 9.80. The Hall–Kier alpha value is -3.98. The van der Waals surface area contributed by atoms with Crippen molar-refractivity contribution in [2.45, 2.75) is 25.8 Å². The molecule has 3 aromatic rings. The van der Waals surface area contributed by atoms with Gasteiger partial charge in [-0.1, -0.05) is 42.5 Å². The third-order valence-corrected chi connectivity index (χ3v) is 5.58. The van der Waals surface area contributed by atoms with E-state index in [2.05, 4.69) is 6.07 Å². The molecule has 1 aliphatic heterocycles. The Balaban J connectivity index is 1.84. The highest BCUT2D eigenvalue weighted by Gasteiger charge is 2.34. The number of methoxy groups -OCH3 is 1. The molecular weight excluding hydrogens is 390 g/mol. The molecule has 0 fully saturated rings. The number of allylic oxidation sites excluding steroid dienone is 1. The average Bonchev–Trinajstić information content (AvgIpc) is 2.78. The summed E-state index contributed by atoms with van der Waals surface area (Å²) in [6, 6.07) is 21.3. The molecule has 0 saturated heterocycles. The lowest BCUT2D eigenvalue weighted by molar-refractivity contribution is 0.387. The number of ether oxygens (including phenoxy) is 2. The van der Waals surface area contributed by atoms with Crippen molar-refractivity contribution in [1.29, 1.82) is 5.26 Å². The standard InChI is InChI=1S/C25H23N3O3/c1-16-13-21-23(25(29)28(16)12-11-17-7-4-3-5-8-17)22(20(15-26)24(27)31-21)18-9-6-10-19(14-18)30-2/h3-10,13-14,22H,11-12,27H2,1-2H3. The van der Waals surface area contributed by atoms with E-state index in [1.807, 2.05) is 67.6 Å². The van der Waals surface area contributed by atoms with Gasteiger partial charge >= 0.3 is 0 Å². The molecule has 0 radical (unpaired) electrons. The number of nitrogens with zero attached hydrogens (tertiary/aromatic N) is 2. The minimum absolute atomic E-state index is 0.0173. The lowest BCUT2D eigenvalue weighted by Crippen LogP contribution is -2.33. The molecule has 31 heavy (non-hydrogen) atoms. The summed E-state index contributed by atoms with van der Waals surface area (Å²) < 4.78 is 12.8. The molecule has 1 aromatic heterocycles. The molecule has 0 amide bonds. The third kappa shape index (κ3) is 3.78. The number of rotatable bonds is 5. The number of benzene rings is 2. The number of aromatic nitrogens is 1. The lowest BCUT2D eigenvalue weighted by atomic mass is 9.84. The first kappa shape index (κ1) is 20.3. The summed E-state index contributed by atoms with van der Waals surface area (Å²) in [4.78, 5) is 13.6. The van der Waals surface area contributed by atoms with E-state index in [-0.39, 0.29) is 17.0 Å². The molecule has 1 aliphatic rings. The van der Waals surface area contributed by atoms with Crippen LogP contribution in [0.5, 0.6) is 11.5 Å². The van der Waals surface area contributed by atoms with Gasteiger partial charge in [0.15, 0.2) is 0 Å². The molecule has 2 aromatic carbocycles. The van der Waals surface area contributed by atoms with Crippen LogP contribution in [0.3, 0.4) is 0 Å². The molecule has 156 valence electrons. The van der Waals surface area contributed by atoms with Crippen LogP contribution in [0.15, 0.2) is 76.9 Å². The van der Waals surface area contributed by atoms with Gasteiger partial charge in [-0.25, -0.2) is 0 Å². The molecule has 0 saturated carbocycles. The zero-order chi connectivity index (χ0) is 22.0. The molecule has 4 rings (SSSR count). The van der Waals surface area contributed by atoms with E-state index >= 15 is 0 Å². The van der Waals surface area contributed by atoms with E-state index in [0.717, 1.165) is 16.8 Å². The van der Waals surface area contributed by atoms with Gasteiger partial charge in [-0.3, -0.25) is 4.79 Å². The Morgan fingerprint density at radius 1 is 1.16 bits per heavy atom. The van der Waals surface area contributed by atoms with Crippen molar-refractivity contribution >= 4 is 0 Å². The zero-order valence-electron chi connectivity index (χ0n) is 17.5. The van der Waals surface area contributed by atoms with Crippen LogP contribution in [0, 0.1) is 18.3 Å². The first-order valence-electron chi connectivity index (χ1n) is 10.0. The Morgan fingerprint density at radius 2 is 1.94 bits per heavy atom. The Bertz CT molecular complexity index is 1250. The number of fused-ring (bicyclic) bond motifs is 1. The van der Waals surface area contributed by atoms with Crippen molar-refractivity contribution in [2.24, 2.45) is 5.73 Å². The van der Waals surface area contributed by atoms with Gasteiger partial charge in [0.05, 0.1) is 18.6 Å².